The Balaban J connectivity index is 2.47. The van der Waals surface area contributed by atoms with Gasteiger partial charge >= 0.3 is 0 Å². The van der Waals surface area contributed by atoms with E-state index in [1.165, 1.54) is 13.2 Å². The summed E-state index contributed by atoms with van der Waals surface area (Å²) in [4.78, 5) is 0.193. The molecule has 2 rings (SSSR count). The van der Waals surface area contributed by atoms with Gasteiger partial charge in [0.2, 0.25) is 0 Å². The van der Waals surface area contributed by atoms with Gasteiger partial charge in [0.25, 0.3) is 10.0 Å². The van der Waals surface area contributed by atoms with E-state index in [1.54, 1.807) is 37.3 Å². The molecule has 0 aliphatic rings. The lowest BCUT2D eigenvalue weighted by Gasteiger charge is -2.13. The van der Waals surface area contributed by atoms with Crippen LogP contribution in [0.5, 0.6) is 5.75 Å². The Kier molecular flexibility index (Phi) is 4.81. The molecule has 21 heavy (non-hydrogen) atoms. The number of methoxy groups -OCH3 is 1. The molecule has 0 atom stereocenters. The number of sulfonamides is 1. The maximum atomic E-state index is 12.5. The molecular weight excluding hydrogens is 378 g/mol. The Hall–Kier alpha value is -1.24. The zero-order valence-corrected chi connectivity index (χ0v) is 14.5. The fraction of sp³-hybridized carbons (Fsp3) is 0.143. The van der Waals surface area contributed by atoms with E-state index >= 15 is 0 Å². The minimum absolute atomic E-state index is 0.193. The maximum Gasteiger partial charge on any atom is 0.262 e. The summed E-state index contributed by atoms with van der Waals surface area (Å²) in [6, 6.07) is 9.80. The summed E-state index contributed by atoms with van der Waals surface area (Å²) in [5, 5.41) is 0.416. The molecule has 0 saturated heterocycles. The number of hydrogen-bond acceptors (Lipinski definition) is 3. The topological polar surface area (TPSA) is 55.4 Å². The Morgan fingerprint density at radius 3 is 2.57 bits per heavy atom. The van der Waals surface area contributed by atoms with Gasteiger partial charge in [0, 0.05) is 9.50 Å². The number of anilines is 1. The highest BCUT2D eigenvalue weighted by Gasteiger charge is 2.19. The van der Waals surface area contributed by atoms with E-state index < -0.39 is 10.0 Å². The molecule has 0 aliphatic heterocycles. The number of nitrogens with one attached hydrogen (secondary N) is 1. The van der Waals surface area contributed by atoms with E-state index in [0.717, 1.165) is 0 Å². The maximum absolute atomic E-state index is 12.5. The van der Waals surface area contributed by atoms with E-state index in [0.29, 0.717) is 26.5 Å². The number of benzene rings is 2. The summed E-state index contributed by atoms with van der Waals surface area (Å²) >= 11 is 9.18. The molecule has 0 spiro atoms. The van der Waals surface area contributed by atoms with E-state index in [9.17, 15) is 8.42 Å². The predicted molar refractivity (Wildman–Crippen MR) is 87.7 cm³/mol. The molecule has 0 radical (unpaired) electrons. The fourth-order valence-corrected chi connectivity index (χ4v) is 3.84. The molecule has 0 unspecified atom stereocenters. The normalized spacial score (nSPS) is 11.2. The van der Waals surface area contributed by atoms with Crippen LogP contribution in [0.4, 0.5) is 5.69 Å². The predicted octanol–water partition coefficient (Wildman–Crippen LogP) is 4.22. The number of aryl methyl sites for hydroxylation is 1. The first-order valence-corrected chi connectivity index (χ1v) is 8.61. The Labute approximate surface area is 137 Å². The first-order chi connectivity index (χ1) is 9.83. The van der Waals surface area contributed by atoms with Gasteiger partial charge in [-0.3, -0.25) is 4.72 Å². The first-order valence-electron chi connectivity index (χ1n) is 5.96. The Bertz CT molecular complexity index is 778. The zero-order chi connectivity index (χ0) is 15.6. The van der Waals surface area contributed by atoms with E-state index in [1.807, 2.05) is 0 Å². The fourth-order valence-electron chi connectivity index (χ4n) is 1.82. The van der Waals surface area contributed by atoms with E-state index in [-0.39, 0.29) is 4.90 Å². The third-order valence-electron chi connectivity index (χ3n) is 2.85. The molecule has 0 amide bonds. The summed E-state index contributed by atoms with van der Waals surface area (Å²) < 4.78 is 33.4. The first kappa shape index (κ1) is 16.1. The smallest absolute Gasteiger partial charge is 0.262 e. The third-order valence-corrected chi connectivity index (χ3v) is 5.08. The van der Waals surface area contributed by atoms with Crippen LogP contribution in [0, 0.1) is 6.92 Å². The minimum Gasteiger partial charge on any atom is -0.495 e. The molecule has 2 aromatic rings. The van der Waals surface area contributed by atoms with Crippen LogP contribution in [-0.4, -0.2) is 15.5 Å². The van der Waals surface area contributed by atoms with Gasteiger partial charge in [-0.05, 0) is 42.8 Å². The van der Waals surface area contributed by atoms with E-state index in [4.69, 9.17) is 16.3 Å². The highest BCUT2D eigenvalue weighted by molar-refractivity contribution is 9.10. The molecule has 1 N–H and O–H groups in total. The van der Waals surface area contributed by atoms with Gasteiger partial charge in [-0.25, -0.2) is 8.42 Å². The van der Waals surface area contributed by atoms with Crippen LogP contribution in [0.2, 0.25) is 5.02 Å². The second-order valence-corrected chi connectivity index (χ2v) is 7.36. The van der Waals surface area contributed by atoms with Gasteiger partial charge in [-0.1, -0.05) is 33.6 Å². The molecular formula is C14H13BrClNO3S. The van der Waals surface area contributed by atoms with Crippen LogP contribution in [0.15, 0.2) is 45.8 Å². The van der Waals surface area contributed by atoms with Crippen molar-refractivity contribution >= 4 is 43.2 Å². The van der Waals surface area contributed by atoms with Crippen LogP contribution < -0.4 is 9.46 Å². The van der Waals surface area contributed by atoms with Crippen molar-refractivity contribution in [3.05, 3.63) is 51.5 Å². The molecule has 0 saturated carbocycles. The SMILES string of the molecule is COc1ccc(Cl)cc1NS(=O)(=O)c1cc(Br)ccc1C. The second-order valence-electron chi connectivity index (χ2n) is 4.36. The highest BCUT2D eigenvalue weighted by Crippen LogP contribution is 2.31. The lowest BCUT2D eigenvalue weighted by atomic mass is 10.2. The van der Waals surface area contributed by atoms with Gasteiger partial charge < -0.3 is 4.74 Å². The molecule has 0 fully saturated rings. The quantitative estimate of drug-likeness (QED) is 0.850. The molecule has 4 nitrogen and oxygen atoms in total. The van der Waals surface area contributed by atoms with Crippen LogP contribution in [0.1, 0.15) is 5.56 Å². The summed E-state index contributed by atoms with van der Waals surface area (Å²) in [6.07, 6.45) is 0. The summed E-state index contributed by atoms with van der Waals surface area (Å²) in [6.45, 7) is 1.73. The third kappa shape index (κ3) is 3.70. The van der Waals surface area contributed by atoms with Gasteiger partial charge in [0.05, 0.1) is 17.7 Å². The lowest BCUT2D eigenvalue weighted by Crippen LogP contribution is -2.15. The van der Waals surface area contributed by atoms with Crippen molar-refractivity contribution < 1.29 is 13.2 Å². The van der Waals surface area contributed by atoms with Crippen molar-refractivity contribution in [1.82, 2.24) is 0 Å². The van der Waals surface area contributed by atoms with Crippen molar-refractivity contribution in [1.29, 1.82) is 0 Å². The summed E-state index contributed by atoms with van der Waals surface area (Å²) in [5.41, 5.74) is 0.941. The average Bonchev–Trinajstić information content (AvgIpc) is 2.41. The van der Waals surface area contributed by atoms with Gasteiger partial charge in [-0.2, -0.15) is 0 Å². The van der Waals surface area contributed by atoms with Crippen LogP contribution in [0.25, 0.3) is 0 Å². The van der Waals surface area contributed by atoms with Crippen LogP contribution in [-0.2, 0) is 10.0 Å². The molecule has 0 aliphatic carbocycles. The Morgan fingerprint density at radius 2 is 1.90 bits per heavy atom. The average molecular weight is 391 g/mol. The van der Waals surface area contributed by atoms with E-state index in [2.05, 4.69) is 20.7 Å². The molecule has 0 heterocycles. The van der Waals surface area contributed by atoms with Crippen molar-refractivity contribution in [3.63, 3.8) is 0 Å². The molecule has 112 valence electrons. The molecule has 2 aromatic carbocycles. The molecule has 0 bridgehead atoms. The lowest BCUT2D eigenvalue weighted by molar-refractivity contribution is 0.417. The van der Waals surface area contributed by atoms with Crippen LogP contribution >= 0.6 is 27.5 Å². The summed E-state index contributed by atoms with van der Waals surface area (Å²) in [7, 11) is -2.27. The zero-order valence-electron chi connectivity index (χ0n) is 11.4. The molecule has 0 aromatic heterocycles. The number of ether oxygens (including phenoxy) is 1. The summed E-state index contributed by atoms with van der Waals surface area (Å²) in [5.74, 6) is 0.399. The van der Waals surface area contributed by atoms with Gasteiger partial charge in [-0.15, -0.1) is 0 Å². The van der Waals surface area contributed by atoms with Gasteiger partial charge in [0.1, 0.15) is 5.75 Å². The van der Waals surface area contributed by atoms with Crippen molar-refractivity contribution in [2.45, 2.75) is 11.8 Å². The largest absolute Gasteiger partial charge is 0.495 e. The number of halogens is 2. The van der Waals surface area contributed by atoms with Crippen molar-refractivity contribution in [2.75, 3.05) is 11.8 Å². The van der Waals surface area contributed by atoms with Crippen LogP contribution in [0.3, 0.4) is 0 Å². The number of rotatable bonds is 4. The van der Waals surface area contributed by atoms with Crippen molar-refractivity contribution in [2.24, 2.45) is 0 Å². The second kappa shape index (κ2) is 6.25. The van der Waals surface area contributed by atoms with Gasteiger partial charge in [0.15, 0.2) is 0 Å². The Morgan fingerprint density at radius 1 is 1.19 bits per heavy atom. The highest BCUT2D eigenvalue weighted by atomic mass is 79.9. The number of hydrogen-bond donors (Lipinski definition) is 1. The minimum atomic E-state index is -3.73. The van der Waals surface area contributed by atoms with Crippen molar-refractivity contribution in [3.8, 4) is 5.75 Å². The molecule has 7 heteroatoms. The standard InChI is InChI=1S/C14H13BrClNO3S/c1-9-3-4-10(15)7-14(9)21(18,19)17-12-8-11(16)5-6-13(12)20-2/h3-8,17H,1-2H3. The monoisotopic (exact) mass is 389 g/mol.